The number of anilines is 1. The van der Waals surface area contributed by atoms with Crippen LogP contribution in [0.3, 0.4) is 0 Å². The molecule has 4 fully saturated rings. The van der Waals surface area contributed by atoms with Crippen LogP contribution in [0.1, 0.15) is 68.8 Å². The fraction of sp³-hybridized carbons (Fsp3) is 0.731. The van der Waals surface area contributed by atoms with Gasteiger partial charge in [-0.1, -0.05) is 0 Å². The molecule has 2 N–H and O–H groups in total. The molecule has 4 heterocycles. The summed E-state index contributed by atoms with van der Waals surface area (Å²) in [6, 6.07) is -0.642. The summed E-state index contributed by atoms with van der Waals surface area (Å²) >= 11 is 0. The number of hydrogen-bond donors (Lipinski definition) is 2. The molecule has 2 amide bonds. The molecule has 0 aromatic carbocycles. The van der Waals surface area contributed by atoms with Crippen LogP contribution in [0.2, 0.25) is 0 Å². The molecular weight excluding hydrogens is 494 g/mol. The van der Waals surface area contributed by atoms with Gasteiger partial charge in [0.05, 0.1) is 17.9 Å². The lowest BCUT2D eigenvalue weighted by Gasteiger charge is -2.41. The van der Waals surface area contributed by atoms with Gasteiger partial charge in [-0.2, -0.15) is 10.1 Å². The van der Waals surface area contributed by atoms with E-state index in [-0.39, 0.29) is 30.2 Å². The maximum absolute atomic E-state index is 14.2. The molecule has 2 unspecified atom stereocenters. The summed E-state index contributed by atoms with van der Waals surface area (Å²) in [5.41, 5.74) is 1.39. The van der Waals surface area contributed by atoms with Crippen molar-refractivity contribution in [3.05, 3.63) is 17.6 Å². The van der Waals surface area contributed by atoms with Crippen LogP contribution in [0, 0.1) is 11.8 Å². The molecule has 4 aliphatic rings. The molecular formula is C26H36F2N8O2. The van der Waals surface area contributed by atoms with Gasteiger partial charge < -0.3 is 15.5 Å². The molecule has 2 aromatic heterocycles. The summed E-state index contributed by atoms with van der Waals surface area (Å²) in [6.07, 6.45) is 7.33. The SMILES string of the molecule is CN1CCN(c2nc3nc(C(NC=O)[C@H]4CCCC(F)(F)C4)cn3nc2CC2CCCNC2=O)CC12CC2. The normalized spacial score (nSPS) is 27.8. The average molecular weight is 531 g/mol. The Kier molecular flexibility index (Phi) is 6.48. The van der Waals surface area contributed by atoms with Gasteiger partial charge >= 0.3 is 0 Å². The van der Waals surface area contributed by atoms with Crippen LogP contribution in [-0.2, 0) is 16.0 Å². The van der Waals surface area contributed by atoms with Gasteiger partial charge in [0.1, 0.15) is 5.69 Å². The Bertz CT molecular complexity index is 1220. The zero-order valence-electron chi connectivity index (χ0n) is 21.8. The minimum absolute atomic E-state index is 0.0425. The molecule has 2 saturated heterocycles. The summed E-state index contributed by atoms with van der Waals surface area (Å²) in [7, 11) is 2.17. The molecule has 206 valence electrons. The molecule has 0 radical (unpaired) electrons. The van der Waals surface area contributed by atoms with E-state index in [1.54, 1.807) is 10.7 Å². The second-order valence-electron chi connectivity index (χ2n) is 11.7. The second-order valence-corrected chi connectivity index (χ2v) is 11.7. The molecule has 2 aliphatic carbocycles. The van der Waals surface area contributed by atoms with Crippen molar-refractivity contribution in [2.75, 3.05) is 38.1 Å². The van der Waals surface area contributed by atoms with E-state index in [0.29, 0.717) is 43.7 Å². The van der Waals surface area contributed by atoms with E-state index in [2.05, 4.69) is 32.5 Å². The highest BCUT2D eigenvalue weighted by atomic mass is 19.3. The fourth-order valence-electron chi connectivity index (χ4n) is 6.62. The lowest BCUT2D eigenvalue weighted by molar-refractivity contribution is -0.126. The summed E-state index contributed by atoms with van der Waals surface area (Å²) in [5.74, 6) is -2.18. The van der Waals surface area contributed by atoms with E-state index in [0.717, 1.165) is 56.8 Å². The molecule has 2 aliphatic heterocycles. The first-order chi connectivity index (χ1) is 18.3. The van der Waals surface area contributed by atoms with Gasteiger partial charge in [-0.3, -0.25) is 14.5 Å². The number of fused-ring (bicyclic) bond motifs is 1. The number of nitrogens with one attached hydrogen (secondary N) is 2. The number of carbonyl (C=O) groups is 2. The predicted molar refractivity (Wildman–Crippen MR) is 136 cm³/mol. The van der Waals surface area contributed by atoms with Crippen LogP contribution in [-0.4, -0.2) is 81.5 Å². The van der Waals surface area contributed by atoms with E-state index in [1.165, 1.54) is 0 Å². The Morgan fingerprint density at radius 1 is 1.21 bits per heavy atom. The third-order valence-electron chi connectivity index (χ3n) is 9.06. The Labute approximate surface area is 220 Å². The number of nitrogens with zero attached hydrogens (tertiary/aromatic N) is 6. The maximum atomic E-state index is 14.2. The Balaban J connectivity index is 1.36. The third-order valence-corrected chi connectivity index (χ3v) is 9.06. The van der Waals surface area contributed by atoms with Crippen molar-refractivity contribution in [3.8, 4) is 0 Å². The number of piperazine rings is 1. The predicted octanol–water partition coefficient (Wildman–Crippen LogP) is 2.09. The standard InChI is InChI=1S/C26H36F2N8O2/c1-34-10-11-35(15-25(34)7-8-25)22-19(12-17-5-3-9-29-23(17)38)33-36-14-20(31-24(36)32-22)21(30-16-37)18-4-2-6-26(27,28)13-18/h14,16-18,21H,2-13,15H2,1H3,(H,29,38)(H,30,37)/t17?,18-,21?/m0/s1. The largest absolute Gasteiger partial charge is 0.356 e. The molecule has 2 saturated carbocycles. The van der Waals surface area contributed by atoms with Gasteiger partial charge in [0.2, 0.25) is 18.2 Å². The summed E-state index contributed by atoms with van der Waals surface area (Å²) in [4.78, 5) is 38.4. The number of amides is 2. The average Bonchev–Trinajstić information content (AvgIpc) is 3.54. The highest BCUT2D eigenvalue weighted by Crippen LogP contribution is 2.45. The number of aromatic nitrogens is 4. The monoisotopic (exact) mass is 530 g/mol. The lowest BCUT2D eigenvalue weighted by atomic mass is 9.81. The number of alkyl halides is 2. The Morgan fingerprint density at radius 2 is 2.05 bits per heavy atom. The first kappa shape index (κ1) is 25.4. The summed E-state index contributed by atoms with van der Waals surface area (Å²) in [5, 5.41) is 10.6. The van der Waals surface area contributed by atoms with Gasteiger partial charge in [-0.15, -0.1) is 0 Å². The van der Waals surface area contributed by atoms with Gasteiger partial charge in [0, 0.05) is 56.9 Å². The third kappa shape index (κ3) is 4.83. The number of carbonyl (C=O) groups excluding carboxylic acids is 2. The van der Waals surface area contributed by atoms with Crippen LogP contribution in [0.4, 0.5) is 14.6 Å². The van der Waals surface area contributed by atoms with E-state index in [9.17, 15) is 18.4 Å². The first-order valence-corrected chi connectivity index (χ1v) is 13.8. The van der Waals surface area contributed by atoms with E-state index >= 15 is 0 Å². The van der Waals surface area contributed by atoms with Crippen molar-refractivity contribution in [2.24, 2.45) is 11.8 Å². The highest BCUT2D eigenvalue weighted by Gasteiger charge is 2.50. The molecule has 2 aromatic rings. The number of hydrogen-bond acceptors (Lipinski definition) is 7. The summed E-state index contributed by atoms with van der Waals surface area (Å²) in [6.45, 7) is 3.26. The minimum atomic E-state index is -2.75. The molecule has 38 heavy (non-hydrogen) atoms. The van der Waals surface area contributed by atoms with Crippen LogP contribution >= 0.6 is 0 Å². The van der Waals surface area contributed by atoms with Gasteiger partial charge in [0.15, 0.2) is 5.82 Å². The highest BCUT2D eigenvalue weighted by molar-refractivity contribution is 5.79. The fourth-order valence-corrected chi connectivity index (χ4v) is 6.62. The van der Waals surface area contributed by atoms with Crippen LogP contribution in [0.15, 0.2) is 6.20 Å². The van der Waals surface area contributed by atoms with E-state index in [4.69, 9.17) is 10.1 Å². The number of rotatable bonds is 7. The van der Waals surface area contributed by atoms with Crippen molar-refractivity contribution in [1.29, 1.82) is 0 Å². The lowest BCUT2D eigenvalue weighted by Crippen LogP contribution is -2.54. The number of piperidine rings is 1. The quantitative estimate of drug-likeness (QED) is 0.528. The molecule has 0 bridgehead atoms. The molecule has 12 heteroatoms. The van der Waals surface area contributed by atoms with Crippen LogP contribution < -0.4 is 15.5 Å². The van der Waals surface area contributed by atoms with Crippen molar-refractivity contribution in [3.63, 3.8) is 0 Å². The number of imidazole rings is 1. The zero-order chi connectivity index (χ0) is 26.5. The van der Waals surface area contributed by atoms with Gasteiger partial charge in [-0.25, -0.2) is 18.3 Å². The van der Waals surface area contributed by atoms with Crippen molar-refractivity contribution in [2.45, 2.75) is 75.3 Å². The number of likely N-dealkylation sites (N-methyl/N-ethyl adjacent to an activating group) is 1. The van der Waals surface area contributed by atoms with E-state index in [1.807, 2.05) is 0 Å². The zero-order valence-corrected chi connectivity index (χ0v) is 21.8. The van der Waals surface area contributed by atoms with Crippen molar-refractivity contribution in [1.82, 2.24) is 35.1 Å². The molecule has 6 rings (SSSR count). The molecule has 10 nitrogen and oxygen atoms in total. The van der Waals surface area contributed by atoms with Crippen molar-refractivity contribution < 1.29 is 18.4 Å². The minimum Gasteiger partial charge on any atom is -0.356 e. The Hall–Kier alpha value is -2.89. The molecule has 1 spiro atoms. The van der Waals surface area contributed by atoms with E-state index < -0.39 is 17.9 Å². The Morgan fingerprint density at radius 3 is 2.79 bits per heavy atom. The summed E-state index contributed by atoms with van der Waals surface area (Å²) < 4.78 is 30.0. The van der Waals surface area contributed by atoms with Crippen LogP contribution in [0.25, 0.3) is 5.78 Å². The number of halogens is 2. The van der Waals surface area contributed by atoms with Gasteiger partial charge in [0.25, 0.3) is 5.78 Å². The molecule has 3 atom stereocenters. The second kappa shape index (κ2) is 9.69. The van der Waals surface area contributed by atoms with Crippen molar-refractivity contribution >= 4 is 23.9 Å². The van der Waals surface area contributed by atoms with Gasteiger partial charge in [-0.05, 0) is 51.5 Å². The first-order valence-electron chi connectivity index (χ1n) is 13.8. The topological polar surface area (TPSA) is 108 Å². The maximum Gasteiger partial charge on any atom is 0.252 e. The smallest absolute Gasteiger partial charge is 0.252 e. The van der Waals surface area contributed by atoms with Crippen LogP contribution in [0.5, 0.6) is 0 Å².